The Balaban J connectivity index is 1.89. The van der Waals surface area contributed by atoms with Crippen LogP contribution in [-0.4, -0.2) is 4.57 Å². The molecule has 5 rings (SSSR count). The molecule has 5 aromatic rings. The SMILES string of the molecule is Cc1ccc2cc(-n3c4ccccc4c4ccccc43)ccc2c1. The lowest BCUT2D eigenvalue weighted by molar-refractivity contribution is 1.19. The monoisotopic (exact) mass is 307 g/mol. The quantitative estimate of drug-likeness (QED) is 0.345. The Labute approximate surface area is 140 Å². The van der Waals surface area contributed by atoms with Crippen molar-refractivity contribution in [1.29, 1.82) is 0 Å². The predicted molar refractivity (Wildman–Crippen MR) is 103 cm³/mol. The van der Waals surface area contributed by atoms with Gasteiger partial charge in [0, 0.05) is 16.5 Å². The van der Waals surface area contributed by atoms with E-state index in [-0.39, 0.29) is 0 Å². The first kappa shape index (κ1) is 13.4. The van der Waals surface area contributed by atoms with Crippen molar-refractivity contribution < 1.29 is 0 Å². The Morgan fingerprint density at radius 3 is 1.88 bits per heavy atom. The number of hydrogen-bond donors (Lipinski definition) is 0. The lowest BCUT2D eigenvalue weighted by Crippen LogP contribution is -1.93. The van der Waals surface area contributed by atoms with Crippen LogP contribution in [-0.2, 0) is 0 Å². The lowest BCUT2D eigenvalue weighted by Gasteiger charge is -2.09. The fourth-order valence-electron chi connectivity index (χ4n) is 3.69. The summed E-state index contributed by atoms with van der Waals surface area (Å²) in [5.41, 5.74) is 5.02. The van der Waals surface area contributed by atoms with Crippen molar-refractivity contribution >= 4 is 32.6 Å². The standard InChI is InChI=1S/C23H17N/c1-16-10-11-18-15-19(13-12-17(18)14-16)24-22-8-4-2-6-20(22)21-7-3-5-9-23(21)24/h2-15H,1H3. The van der Waals surface area contributed by atoms with E-state index in [9.17, 15) is 0 Å². The minimum Gasteiger partial charge on any atom is -0.309 e. The zero-order valence-corrected chi connectivity index (χ0v) is 13.5. The Bertz CT molecular complexity index is 1160. The number of fused-ring (bicyclic) bond motifs is 4. The minimum atomic E-state index is 1.21. The van der Waals surface area contributed by atoms with Gasteiger partial charge >= 0.3 is 0 Å². The van der Waals surface area contributed by atoms with Crippen molar-refractivity contribution in [3.8, 4) is 5.69 Å². The molecule has 0 saturated heterocycles. The van der Waals surface area contributed by atoms with Crippen molar-refractivity contribution in [2.75, 3.05) is 0 Å². The molecule has 4 aromatic carbocycles. The molecule has 0 radical (unpaired) electrons. The number of aryl methyl sites for hydroxylation is 1. The molecule has 0 N–H and O–H groups in total. The Morgan fingerprint density at radius 2 is 1.17 bits per heavy atom. The molecule has 0 unspecified atom stereocenters. The molecule has 1 aromatic heterocycles. The molecule has 0 amide bonds. The summed E-state index contributed by atoms with van der Waals surface area (Å²) in [7, 11) is 0. The van der Waals surface area contributed by atoms with Gasteiger partial charge in [-0.1, -0.05) is 66.2 Å². The summed E-state index contributed by atoms with van der Waals surface area (Å²) < 4.78 is 2.37. The first-order chi connectivity index (χ1) is 11.8. The second-order valence-electron chi connectivity index (χ2n) is 6.40. The fraction of sp³-hybridized carbons (Fsp3) is 0.0435. The molecule has 0 aliphatic carbocycles. The van der Waals surface area contributed by atoms with Crippen molar-refractivity contribution in [3.05, 3.63) is 90.5 Å². The van der Waals surface area contributed by atoms with Crippen LogP contribution in [0.2, 0.25) is 0 Å². The van der Waals surface area contributed by atoms with Gasteiger partial charge in [0.25, 0.3) is 0 Å². The number of aromatic nitrogens is 1. The van der Waals surface area contributed by atoms with Gasteiger partial charge in [-0.05, 0) is 42.0 Å². The molecule has 1 heterocycles. The average molecular weight is 307 g/mol. The number of rotatable bonds is 1. The molecular formula is C23H17N. The van der Waals surface area contributed by atoms with Gasteiger partial charge in [0.05, 0.1) is 11.0 Å². The molecule has 1 nitrogen and oxygen atoms in total. The summed E-state index contributed by atoms with van der Waals surface area (Å²) >= 11 is 0. The largest absolute Gasteiger partial charge is 0.309 e. The highest BCUT2D eigenvalue weighted by Gasteiger charge is 2.11. The van der Waals surface area contributed by atoms with Crippen LogP contribution in [0.5, 0.6) is 0 Å². The van der Waals surface area contributed by atoms with Gasteiger partial charge in [-0.15, -0.1) is 0 Å². The van der Waals surface area contributed by atoms with Crippen LogP contribution in [0.1, 0.15) is 5.56 Å². The summed E-state index contributed by atoms with van der Waals surface area (Å²) in [5, 5.41) is 5.17. The molecular weight excluding hydrogens is 290 g/mol. The number of hydrogen-bond acceptors (Lipinski definition) is 0. The van der Waals surface area contributed by atoms with Gasteiger partial charge in [-0.3, -0.25) is 0 Å². The van der Waals surface area contributed by atoms with Crippen LogP contribution < -0.4 is 0 Å². The average Bonchev–Trinajstić information content (AvgIpc) is 2.96. The number of para-hydroxylation sites is 2. The van der Waals surface area contributed by atoms with E-state index in [1.54, 1.807) is 0 Å². The smallest absolute Gasteiger partial charge is 0.0541 e. The lowest BCUT2D eigenvalue weighted by atomic mass is 10.1. The van der Waals surface area contributed by atoms with Gasteiger partial charge in [-0.25, -0.2) is 0 Å². The third kappa shape index (κ3) is 1.88. The highest BCUT2D eigenvalue weighted by molar-refractivity contribution is 6.09. The van der Waals surface area contributed by atoms with E-state index in [1.165, 1.54) is 43.8 Å². The van der Waals surface area contributed by atoms with Gasteiger partial charge in [0.2, 0.25) is 0 Å². The Morgan fingerprint density at radius 1 is 0.583 bits per heavy atom. The van der Waals surface area contributed by atoms with E-state index in [0.717, 1.165) is 0 Å². The summed E-state index contributed by atoms with van der Waals surface area (Å²) in [6.45, 7) is 2.14. The first-order valence-electron chi connectivity index (χ1n) is 8.30. The number of benzene rings is 4. The van der Waals surface area contributed by atoms with E-state index >= 15 is 0 Å². The van der Waals surface area contributed by atoms with Crippen LogP contribution in [0.3, 0.4) is 0 Å². The van der Waals surface area contributed by atoms with Crippen LogP contribution in [0.15, 0.2) is 84.9 Å². The Kier molecular flexibility index (Phi) is 2.77. The third-order valence-electron chi connectivity index (χ3n) is 4.82. The first-order valence-corrected chi connectivity index (χ1v) is 8.30. The van der Waals surface area contributed by atoms with E-state index < -0.39 is 0 Å². The predicted octanol–water partition coefficient (Wildman–Crippen LogP) is 6.25. The van der Waals surface area contributed by atoms with E-state index in [4.69, 9.17) is 0 Å². The van der Waals surface area contributed by atoms with Gasteiger partial charge in [0.1, 0.15) is 0 Å². The molecule has 114 valence electrons. The Hall–Kier alpha value is -3.06. The zero-order valence-electron chi connectivity index (χ0n) is 13.5. The molecule has 0 bridgehead atoms. The fourth-order valence-corrected chi connectivity index (χ4v) is 3.69. The second kappa shape index (κ2) is 4.97. The van der Waals surface area contributed by atoms with Crippen molar-refractivity contribution in [2.45, 2.75) is 6.92 Å². The molecule has 1 heteroatoms. The molecule has 0 saturated carbocycles. The van der Waals surface area contributed by atoms with Crippen LogP contribution in [0.25, 0.3) is 38.3 Å². The summed E-state index contributed by atoms with van der Waals surface area (Å²) in [6.07, 6.45) is 0. The maximum Gasteiger partial charge on any atom is 0.0541 e. The summed E-state index contributed by atoms with van der Waals surface area (Å²) in [5.74, 6) is 0. The normalized spacial score (nSPS) is 11.5. The highest BCUT2D eigenvalue weighted by Crippen LogP contribution is 2.32. The second-order valence-corrected chi connectivity index (χ2v) is 6.40. The van der Waals surface area contributed by atoms with Crippen LogP contribution in [0, 0.1) is 6.92 Å². The van der Waals surface area contributed by atoms with Crippen LogP contribution in [0.4, 0.5) is 0 Å². The van der Waals surface area contributed by atoms with Crippen molar-refractivity contribution in [2.24, 2.45) is 0 Å². The van der Waals surface area contributed by atoms with Crippen LogP contribution >= 0.6 is 0 Å². The third-order valence-corrected chi connectivity index (χ3v) is 4.82. The topological polar surface area (TPSA) is 4.93 Å². The van der Waals surface area contributed by atoms with Gasteiger partial charge in [-0.2, -0.15) is 0 Å². The maximum absolute atomic E-state index is 2.37. The highest BCUT2D eigenvalue weighted by atomic mass is 15.0. The van der Waals surface area contributed by atoms with Crippen molar-refractivity contribution in [1.82, 2.24) is 4.57 Å². The maximum atomic E-state index is 2.37. The molecule has 0 fully saturated rings. The van der Waals surface area contributed by atoms with Crippen molar-refractivity contribution in [3.63, 3.8) is 0 Å². The van der Waals surface area contributed by atoms with E-state index in [1.807, 2.05) is 0 Å². The molecule has 0 aliphatic rings. The molecule has 0 aliphatic heterocycles. The van der Waals surface area contributed by atoms with Gasteiger partial charge in [0.15, 0.2) is 0 Å². The molecule has 0 atom stereocenters. The molecule has 24 heavy (non-hydrogen) atoms. The molecule has 0 spiro atoms. The number of nitrogens with zero attached hydrogens (tertiary/aromatic N) is 1. The zero-order chi connectivity index (χ0) is 16.1. The van der Waals surface area contributed by atoms with E-state index in [0.29, 0.717) is 0 Å². The summed E-state index contributed by atoms with van der Waals surface area (Å²) in [6, 6.07) is 30.6. The van der Waals surface area contributed by atoms with E-state index in [2.05, 4.69) is 96.4 Å². The summed E-state index contributed by atoms with van der Waals surface area (Å²) in [4.78, 5) is 0. The minimum absolute atomic E-state index is 1.21. The van der Waals surface area contributed by atoms with Gasteiger partial charge < -0.3 is 4.57 Å².